The molecule has 0 aromatic carbocycles. The van der Waals surface area contributed by atoms with Crippen LogP contribution in [0.15, 0.2) is 0 Å². The summed E-state index contributed by atoms with van der Waals surface area (Å²) in [5, 5.41) is 14.2. The summed E-state index contributed by atoms with van der Waals surface area (Å²) < 4.78 is 7.01. The van der Waals surface area contributed by atoms with Crippen LogP contribution in [0.25, 0.3) is 0 Å². The van der Waals surface area contributed by atoms with Crippen molar-refractivity contribution in [2.45, 2.75) is 110 Å². The summed E-state index contributed by atoms with van der Waals surface area (Å²) in [6.07, 6.45) is 13.2. The van der Waals surface area contributed by atoms with E-state index in [0.717, 1.165) is 54.9 Å². The Morgan fingerprint density at radius 2 is 1.67 bits per heavy atom. The summed E-state index contributed by atoms with van der Waals surface area (Å²) in [5.41, 5.74) is 0.919. The van der Waals surface area contributed by atoms with Crippen LogP contribution in [0.2, 0.25) is 0 Å². The first-order valence-corrected chi connectivity index (χ1v) is 13.4. The Hall–Kier alpha value is -0.120. The van der Waals surface area contributed by atoms with Gasteiger partial charge in [0.1, 0.15) is 5.72 Å². The van der Waals surface area contributed by atoms with Gasteiger partial charge in [-0.3, -0.25) is 5.32 Å². The maximum absolute atomic E-state index is 10.3. The summed E-state index contributed by atoms with van der Waals surface area (Å²) in [7, 11) is 0. The number of piperidine rings is 1. The van der Waals surface area contributed by atoms with E-state index in [4.69, 9.17) is 4.74 Å². The molecule has 9 unspecified atom stereocenters. The van der Waals surface area contributed by atoms with Crippen LogP contribution in [-0.2, 0) is 4.74 Å². The van der Waals surface area contributed by atoms with E-state index in [0.29, 0.717) is 22.9 Å². The molecule has 12 atom stereocenters. The fraction of sp³-hybridized carbons (Fsp3) is 1.00. The zero-order chi connectivity index (χ0) is 20.9. The van der Waals surface area contributed by atoms with Crippen molar-refractivity contribution >= 4 is 0 Å². The van der Waals surface area contributed by atoms with Crippen LogP contribution >= 0.6 is 0 Å². The molecule has 2 N–H and O–H groups in total. The predicted octanol–water partition coefficient (Wildman–Crippen LogP) is 5.37. The third-order valence-corrected chi connectivity index (χ3v) is 12.1. The van der Waals surface area contributed by atoms with Gasteiger partial charge in [0.15, 0.2) is 0 Å². The van der Waals surface area contributed by atoms with Gasteiger partial charge >= 0.3 is 0 Å². The van der Waals surface area contributed by atoms with Gasteiger partial charge in [-0.15, -0.1) is 0 Å². The minimum Gasteiger partial charge on any atom is -0.393 e. The average molecular weight is 416 g/mol. The number of fused-ring (bicyclic) bond motifs is 7. The number of hydrogen-bond acceptors (Lipinski definition) is 3. The van der Waals surface area contributed by atoms with E-state index < -0.39 is 0 Å². The molecule has 0 amide bonds. The average Bonchev–Trinajstić information content (AvgIpc) is 3.16. The molecule has 6 fully saturated rings. The van der Waals surface area contributed by atoms with Gasteiger partial charge in [0, 0.05) is 12.5 Å². The van der Waals surface area contributed by atoms with Crippen LogP contribution in [0.5, 0.6) is 0 Å². The van der Waals surface area contributed by atoms with E-state index >= 15 is 0 Å². The van der Waals surface area contributed by atoms with E-state index in [-0.39, 0.29) is 11.8 Å². The number of aliphatic hydroxyl groups excluding tert-OH is 1. The molecule has 0 bridgehead atoms. The second-order valence-corrected chi connectivity index (χ2v) is 13.3. The molecule has 4 aliphatic carbocycles. The van der Waals surface area contributed by atoms with Crippen molar-refractivity contribution in [2.24, 2.45) is 52.3 Å². The molecule has 0 radical (unpaired) electrons. The molecule has 170 valence electrons. The van der Waals surface area contributed by atoms with Crippen LogP contribution in [0.1, 0.15) is 91.9 Å². The zero-order valence-electron chi connectivity index (χ0n) is 19.8. The molecule has 6 aliphatic rings. The number of hydrogen-bond donors (Lipinski definition) is 2. The lowest BCUT2D eigenvalue weighted by Gasteiger charge is -2.61. The first-order chi connectivity index (χ1) is 14.3. The molecule has 30 heavy (non-hydrogen) atoms. The maximum atomic E-state index is 10.3. The molecule has 2 heterocycles. The fourth-order valence-corrected chi connectivity index (χ4v) is 10.4. The van der Waals surface area contributed by atoms with Gasteiger partial charge in [0.05, 0.1) is 12.2 Å². The van der Waals surface area contributed by atoms with Crippen molar-refractivity contribution < 1.29 is 9.84 Å². The molecule has 2 aliphatic heterocycles. The lowest BCUT2D eigenvalue weighted by Crippen LogP contribution is -2.57. The Balaban J connectivity index is 1.26. The van der Waals surface area contributed by atoms with Crippen molar-refractivity contribution in [1.82, 2.24) is 5.32 Å². The summed E-state index contributed by atoms with van der Waals surface area (Å²) in [4.78, 5) is 0. The second kappa shape index (κ2) is 6.70. The summed E-state index contributed by atoms with van der Waals surface area (Å²) in [6.45, 7) is 11.3. The summed E-state index contributed by atoms with van der Waals surface area (Å²) in [6, 6.07) is 0. The molecule has 0 aromatic rings. The minimum absolute atomic E-state index is 0.0319. The van der Waals surface area contributed by atoms with E-state index in [2.05, 4.69) is 33.0 Å². The predicted molar refractivity (Wildman–Crippen MR) is 120 cm³/mol. The van der Waals surface area contributed by atoms with E-state index in [1.54, 1.807) is 0 Å². The molecule has 2 saturated heterocycles. The Kier molecular flexibility index (Phi) is 4.58. The maximum Gasteiger partial charge on any atom is 0.122 e. The minimum atomic E-state index is -0.0320. The summed E-state index contributed by atoms with van der Waals surface area (Å²) >= 11 is 0. The van der Waals surface area contributed by atoms with Gasteiger partial charge in [-0.25, -0.2) is 0 Å². The molecule has 3 heteroatoms. The Labute approximate surface area is 184 Å². The Bertz CT molecular complexity index is 686. The second-order valence-electron chi connectivity index (χ2n) is 13.3. The molecule has 0 aromatic heterocycles. The highest BCUT2D eigenvalue weighted by atomic mass is 16.5. The standard InChI is InChI=1S/C27H45NO2/c1-16-7-12-27(28-15-16)17(2)24-23(30-27)14-22-20-6-5-18-13-19(29)8-10-25(18,3)21(20)9-11-26(22,24)4/h16-24,28-29H,5-15H2,1-4H3/t16?,17-,18-,19?,20?,21?,22?,23?,24?,25?,26?,27+/m0/s1. The van der Waals surface area contributed by atoms with Crippen molar-refractivity contribution in [3.8, 4) is 0 Å². The molecular formula is C27H45NO2. The van der Waals surface area contributed by atoms with Crippen LogP contribution < -0.4 is 5.32 Å². The van der Waals surface area contributed by atoms with Crippen LogP contribution in [0, 0.1) is 52.3 Å². The van der Waals surface area contributed by atoms with Gasteiger partial charge in [0.25, 0.3) is 0 Å². The van der Waals surface area contributed by atoms with Crippen molar-refractivity contribution in [2.75, 3.05) is 6.54 Å². The first kappa shape index (κ1) is 20.5. The Morgan fingerprint density at radius 1 is 0.867 bits per heavy atom. The quantitative estimate of drug-likeness (QED) is 0.559. The number of ether oxygens (including phenoxy) is 1. The monoisotopic (exact) mass is 415 g/mol. The van der Waals surface area contributed by atoms with Crippen LogP contribution in [0.4, 0.5) is 0 Å². The highest BCUT2D eigenvalue weighted by molar-refractivity contribution is 5.16. The first-order valence-electron chi connectivity index (χ1n) is 13.4. The number of nitrogens with one attached hydrogen (secondary N) is 1. The molecule has 3 nitrogen and oxygen atoms in total. The molecule has 4 saturated carbocycles. The van der Waals surface area contributed by atoms with E-state index in [1.165, 1.54) is 51.4 Å². The summed E-state index contributed by atoms with van der Waals surface area (Å²) in [5.74, 6) is 5.57. The van der Waals surface area contributed by atoms with E-state index in [9.17, 15) is 5.11 Å². The Morgan fingerprint density at radius 3 is 2.43 bits per heavy atom. The lowest BCUT2D eigenvalue weighted by atomic mass is 9.44. The van der Waals surface area contributed by atoms with Crippen LogP contribution in [0.3, 0.4) is 0 Å². The van der Waals surface area contributed by atoms with Crippen LogP contribution in [-0.4, -0.2) is 29.6 Å². The van der Waals surface area contributed by atoms with Gasteiger partial charge in [-0.2, -0.15) is 0 Å². The lowest BCUT2D eigenvalue weighted by molar-refractivity contribution is -0.140. The molecular weight excluding hydrogens is 370 g/mol. The largest absolute Gasteiger partial charge is 0.393 e. The van der Waals surface area contributed by atoms with Gasteiger partial charge in [-0.05, 0) is 111 Å². The smallest absolute Gasteiger partial charge is 0.122 e. The molecule has 1 spiro atoms. The van der Waals surface area contributed by atoms with Gasteiger partial charge in [-0.1, -0.05) is 27.7 Å². The SMILES string of the molecule is CC1CC[C@@]2(NC1)OC1CC3C4CC[C@H]5CC(O)CCC5(C)C4CCC3(C)C1[C@@H]2C. The normalized spacial score (nSPS) is 62.5. The van der Waals surface area contributed by atoms with E-state index in [1.807, 2.05) is 0 Å². The third kappa shape index (κ3) is 2.61. The van der Waals surface area contributed by atoms with Crippen molar-refractivity contribution in [3.05, 3.63) is 0 Å². The third-order valence-electron chi connectivity index (χ3n) is 12.1. The van der Waals surface area contributed by atoms with Crippen molar-refractivity contribution in [1.29, 1.82) is 0 Å². The number of rotatable bonds is 0. The molecule has 6 rings (SSSR count). The highest BCUT2D eigenvalue weighted by Gasteiger charge is 2.68. The van der Waals surface area contributed by atoms with Gasteiger partial charge in [0.2, 0.25) is 0 Å². The fourth-order valence-electron chi connectivity index (χ4n) is 10.4. The highest BCUT2D eigenvalue weighted by Crippen LogP contribution is 2.71. The number of aliphatic hydroxyl groups is 1. The van der Waals surface area contributed by atoms with Crippen molar-refractivity contribution in [3.63, 3.8) is 0 Å². The zero-order valence-corrected chi connectivity index (χ0v) is 19.8. The topological polar surface area (TPSA) is 41.5 Å². The van der Waals surface area contributed by atoms with Gasteiger partial charge < -0.3 is 9.84 Å².